The molecular weight excluding hydrogens is 241 g/mol. The number of hydrogen-bond acceptors (Lipinski definition) is 3. The molecule has 104 valence electrons. The summed E-state index contributed by atoms with van der Waals surface area (Å²) >= 11 is 0. The number of pyridine rings is 1. The van der Waals surface area contributed by atoms with Gasteiger partial charge in [-0.1, -0.05) is 0 Å². The van der Waals surface area contributed by atoms with Crippen molar-refractivity contribution < 1.29 is 4.39 Å². The summed E-state index contributed by atoms with van der Waals surface area (Å²) in [6, 6.07) is 2.39. The zero-order valence-electron chi connectivity index (χ0n) is 11.5. The predicted octanol–water partition coefficient (Wildman–Crippen LogP) is 2.71. The Hall–Kier alpha value is -1.16. The Balaban J connectivity index is 1.72. The van der Waals surface area contributed by atoms with Crippen molar-refractivity contribution in [3.63, 3.8) is 0 Å². The topological polar surface area (TPSA) is 28.2 Å². The number of aromatic nitrogens is 1. The van der Waals surface area contributed by atoms with Gasteiger partial charge in [0.1, 0.15) is 0 Å². The highest BCUT2D eigenvalue weighted by Gasteiger charge is 2.26. The van der Waals surface area contributed by atoms with Crippen molar-refractivity contribution >= 4 is 5.82 Å². The highest BCUT2D eigenvalue weighted by atomic mass is 19.1. The van der Waals surface area contributed by atoms with E-state index in [1.807, 2.05) is 0 Å². The lowest BCUT2D eigenvalue weighted by atomic mass is 10.2. The molecule has 0 spiro atoms. The molecule has 2 saturated carbocycles. The van der Waals surface area contributed by atoms with Gasteiger partial charge in [0.15, 0.2) is 11.6 Å². The standard InChI is InChI=1S/C15H22FN3/c1-2-19(10-11-3-4-11)15-14(16)12(7-8-17-15)9-18-13-5-6-13/h7-8,11,13,18H,2-6,9-10H2,1H3. The van der Waals surface area contributed by atoms with Gasteiger partial charge in [-0.05, 0) is 44.6 Å². The SMILES string of the molecule is CCN(CC1CC1)c1nccc(CNC2CC2)c1F. The molecule has 0 saturated heterocycles. The number of nitrogens with one attached hydrogen (secondary N) is 1. The van der Waals surface area contributed by atoms with Crippen molar-refractivity contribution in [3.05, 3.63) is 23.6 Å². The Morgan fingerprint density at radius 2 is 2.16 bits per heavy atom. The first-order valence-corrected chi connectivity index (χ1v) is 7.39. The quantitative estimate of drug-likeness (QED) is 0.820. The zero-order chi connectivity index (χ0) is 13.2. The fourth-order valence-electron chi connectivity index (χ4n) is 2.35. The lowest BCUT2D eigenvalue weighted by molar-refractivity contribution is 0.571. The van der Waals surface area contributed by atoms with Crippen LogP contribution in [0.4, 0.5) is 10.2 Å². The summed E-state index contributed by atoms with van der Waals surface area (Å²) < 4.78 is 14.5. The predicted molar refractivity (Wildman–Crippen MR) is 74.7 cm³/mol. The van der Waals surface area contributed by atoms with E-state index in [4.69, 9.17) is 0 Å². The molecule has 3 rings (SSSR count). The molecular formula is C15H22FN3. The first-order chi connectivity index (χ1) is 9.28. The van der Waals surface area contributed by atoms with E-state index in [9.17, 15) is 4.39 Å². The van der Waals surface area contributed by atoms with Crippen molar-refractivity contribution in [1.29, 1.82) is 0 Å². The van der Waals surface area contributed by atoms with Crippen molar-refractivity contribution in [2.45, 2.75) is 45.2 Å². The molecule has 2 fully saturated rings. The monoisotopic (exact) mass is 263 g/mol. The molecule has 0 radical (unpaired) electrons. The van der Waals surface area contributed by atoms with Crippen molar-refractivity contribution in [2.75, 3.05) is 18.0 Å². The van der Waals surface area contributed by atoms with Crippen LogP contribution in [0.2, 0.25) is 0 Å². The first kappa shape index (κ1) is 12.9. The summed E-state index contributed by atoms with van der Waals surface area (Å²) in [7, 11) is 0. The van der Waals surface area contributed by atoms with Crippen LogP contribution in [0, 0.1) is 11.7 Å². The lowest BCUT2D eigenvalue weighted by Gasteiger charge is -2.23. The van der Waals surface area contributed by atoms with E-state index in [1.165, 1.54) is 25.7 Å². The summed E-state index contributed by atoms with van der Waals surface area (Å²) in [5, 5.41) is 3.36. The van der Waals surface area contributed by atoms with Gasteiger partial charge in [-0.3, -0.25) is 0 Å². The van der Waals surface area contributed by atoms with E-state index in [-0.39, 0.29) is 5.82 Å². The van der Waals surface area contributed by atoms with E-state index in [0.717, 1.165) is 24.6 Å². The van der Waals surface area contributed by atoms with Gasteiger partial charge in [-0.15, -0.1) is 0 Å². The van der Waals surface area contributed by atoms with Crippen molar-refractivity contribution in [1.82, 2.24) is 10.3 Å². The maximum Gasteiger partial charge on any atom is 0.170 e. The molecule has 3 nitrogen and oxygen atoms in total. The fourth-order valence-corrected chi connectivity index (χ4v) is 2.35. The largest absolute Gasteiger partial charge is 0.354 e. The number of hydrogen-bond donors (Lipinski definition) is 1. The second kappa shape index (κ2) is 5.45. The Morgan fingerprint density at radius 3 is 2.79 bits per heavy atom. The molecule has 1 N–H and O–H groups in total. The molecule has 0 aromatic carbocycles. The molecule has 0 bridgehead atoms. The smallest absolute Gasteiger partial charge is 0.170 e. The molecule has 1 aromatic heterocycles. The second-order valence-corrected chi connectivity index (χ2v) is 5.74. The Bertz CT molecular complexity index is 441. The van der Waals surface area contributed by atoms with Crippen LogP contribution in [0.5, 0.6) is 0 Å². The minimum absolute atomic E-state index is 0.141. The third kappa shape index (κ3) is 3.24. The highest BCUT2D eigenvalue weighted by molar-refractivity contribution is 5.43. The van der Waals surface area contributed by atoms with Crippen LogP contribution in [-0.2, 0) is 6.54 Å². The lowest BCUT2D eigenvalue weighted by Crippen LogP contribution is -2.28. The first-order valence-electron chi connectivity index (χ1n) is 7.39. The molecule has 0 aliphatic heterocycles. The van der Waals surface area contributed by atoms with E-state index >= 15 is 0 Å². The van der Waals surface area contributed by atoms with Gasteiger partial charge in [0.05, 0.1) is 0 Å². The Morgan fingerprint density at radius 1 is 1.37 bits per heavy atom. The average molecular weight is 263 g/mol. The molecule has 1 heterocycles. The maximum atomic E-state index is 14.5. The van der Waals surface area contributed by atoms with Crippen molar-refractivity contribution in [3.8, 4) is 0 Å². The number of nitrogens with zero attached hydrogens (tertiary/aromatic N) is 2. The maximum absolute atomic E-state index is 14.5. The summed E-state index contributed by atoms with van der Waals surface area (Å²) in [5.74, 6) is 1.14. The normalized spacial score (nSPS) is 18.6. The van der Waals surface area contributed by atoms with Crippen molar-refractivity contribution in [2.24, 2.45) is 5.92 Å². The molecule has 4 heteroatoms. The van der Waals surface area contributed by atoms with Gasteiger partial charge in [0.2, 0.25) is 0 Å². The molecule has 0 amide bonds. The summed E-state index contributed by atoms with van der Waals surface area (Å²) in [6.45, 7) is 4.45. The van der Waals surface area contributed by atoms with E-state index in [0.29, 0.717) is 18.4 Å². The molecule has 0 atom stereocenters. The fraction of sp³-hybridized carbons (Fsp3) is 0.667. The molecule has 19 heavy (non-hydrogen) atoms. The van der Waals surface area contributed by atoms with Gasteiger partial charge >= 0.3 is 0 Å². The van der Waals surface area contributed by atoms with Crippen LogP contribution in [0.15, 0.2) is 12.3 Å². The summed E-state index contributed by atoms with van der Waals surface area (Å²) in [4.78, 5) is 6.33. The average Bonchev–Trinajstić information content (AvgIpc) is 3.29. The zero-order valence-corrected chi connectivity index (χ0v) is 11.5. The van der Waals surface area contributed by atoms with Crippen LogP contribution in [0.1, 0.15) is 38.2 Å². The minimum atomic E-state index is -0.141. The van der Waals surface area contributed by atoms with E-state index < -0.39 is 0 Å². The van der Waals surface area contributed by atoms with Crippen LogP contribution in [0.3, 0.4) is 0 Å². The van der Waals surface area contributed by atoms with Gasteiger partial charge in [0.25, 0.3) is 0 Å². The third-order valence-electron chi connectivity index (χ3n) is 3.97. The van der Waals surface area contributed by atoms with E-state index in [2.05, 4.69) is 22.1 Å². The Kier molecular flexibility index (Phi) is 3.69. The van der Waals surface area contributed by atoms with Crippen LogP contribution in [-0.4, -0.2) is 24.1 Å². The Labute approximate surface area is 114 Å². The van der Waals surface area contributed by atoms with Gasteiger partial charge < -0.3 is 10.2 Å². The van der Waals surface area contributed by atoms with Crippen LogP contribution in [0.25, 0.3) is 0 Å². The van der Waals surface area contributed by atoms with Gasteiger partial charge in [-0.2, -0.15) is 0 Å². The summed E-state index contributed by atoms with van der Waals surface area (Å²) in [6.07, 6.45) is 6.74. The molecule has 2 aliphatic rings. The van der Waals surface area contributed by atoms with Gasteiger partial charge in [0, 0.05) is 37.4 Å². The molecule has 1 aromatic rings. The van der Waals surface area contributed by atoms with Crippen LogP contribution >= 0.6 is 0 Å². The summed E-state index contributed by atoms with van der Waals surface area (Å²) in [5.41, 5.74) is 0.742. The number of anilines is 1. The number of halogens is 1. The second-order valence-electron chi connectivity index (χ2n) is 5.74. The molecule has 0 unspecified atom stereocenters. The highest BCUT2D eigenvalue weighted by Crippen LogP contribution is 2.32. The third-order valence-corrected chi connectivity index (χ3v) is 3.97. The number of rotatable bonds is 7. The molecule has 2 aliphatic carbocycles. The van der Waals surface area contributed by atoms with Crippen LogP contribution < -0.4 is 10.2 Å². The minimum Gasteiger partial charge on any atom is -0.354 e. The van der Waals surface area contributed by atoms with E-state index in [1.54, 1.807) is 12.3 Å². The van der Waals surface area contributed by atoms with Gasteiger partial charge in [-0.25, -0.2) is 9.37 Å².